The van der Waals surface area contributed by atoms with Crippen molar-refractivity contribution in [3.8, 4) is 0 Å². The predicted octanol–water partition coefficient (Wildman–Crippen LogP) is 3.79. The van der Waals surface area contributed by atoms with Crippen LogP contribution in [0.3, 0.4) is 0 Å². The van der Waals surface area contributed by atoms with Crippen molar-refractivity contribution in [1.29, 1.82) is 0 Å². The van der Waals surface area contributed by atoms with E-state index in [0.29, 0.717) is 5.92 Å². The van der Waals surface area contributed by atoms with Crippen molar-refractivity contribution >= 4 is 15.9 Å². The van der Waals surface area contributed by atoms with Crippen LogP contribution in [0.1, 0.15) is 46.0 Å². The van der Waals surface area contributed by atoms with Crippen molar-refractivity contribution in [2.75, 3.05) is 13.1 Å². The lowest BCUT2D eigenvalue weighted by Gasteiger charge is -2.26. The minimum Gasteiger partial charge on any atom is -0.316 e. The van der Waals surface area contributed by atoms with E-state index in [-0.39, 0.29) is 5.41 Å². The molecule has 0 saturated heterocycles. The molecule has 0 amide bonds. The topological polar surface area (TPSA) is 29.9 Å². The summed E-state index contributed by atoms with van der Waals surface area (Å²) in [7, 11) is 0. The van der Waals surface area contributed by atoms with Crippen LogP contribution in [-0.4, -0.2) is 22.9 Å². The first-order chi connectivity index (χ1) is 8.76. The maximum atomic E-state index is 4.57. The van der Waals surface area contributed by atoms with Gasteiger partial charge in [-0.2, -0.15) is 5.10 Å². The third-order valence-corrected chi connectivity index (χ3v) is 4.29. The van der Waals surface area contributed by atoms with E-state index in [2.05, 4.69) is 72.6 Å². The molecule has 19 heavy (non-hydrogen) atoms. The molecule has 0 spiro atoms. The Hall–Kier alpha value is -0.350. The Labute approximate surface area is 126 Å². The number of nitrogens with zero attached hydrogens (tertiary/aromatic N) is 2. The number of halogens is 1. The molecule has 4 heteroatoms. The van der Waals surface area contributed by atoms with Gasteiger partial charge in [0.15, 0.2) is 0 Å². The summed E-state index contributed by atoms with van der Waals surface area (Å²) < 4.78 is 3.29. The van der Waals surface area contributed by atoms with Gasteiger partial charge in [0.25, 0.3) is 0 Å². The van der Waals surface area contributed by atoms with Gasteiger partial charge in [-0.3, -0.25) is 4.68 Å². The molecule has 0 aliphatic heterocycles. The van der Waals surface area contributed by atoms with Gasteiger partial charge in [-0.1, -0.05) is 27.7 Å². The van der Waals surface area contributed by atoms with Gasteiger partial charge in [0.1, 0.15) is 0 Å². The first kappa shape index (κ1) is 16.7. The number of hydrogen-bond acceptors (Lipinski definition) is 2. The number of rotatable bonds is 7. The molecule has 3 nitrogen and oxygen atoms in total. The molecular formula is C15H28BrN3. The van der Waals surface area contributed by atoms with Crippen molar-refractivity contribution in [1.82, 2.24) is 15.1 Å². The maximum Gasteiger partial charge on any atom is 0.0738 e. The first-order valence-electron chi connectivity index (χ1n) is 7.19. The summed E-state index contributed by atoms with van der Waals surface area (Å²) >= 11 is 3.68. The zero-order chi connectivity index (χ0) is 14.6. The van der Waals surface area contributed by atoms with E-state index >= 15 is 0 Å². The fraction of sp³-hybridized carbons (Fsp3) is 0.800. The van der Waals surface area contributed by atoms with Crippen LogP contribution in [-0.2, 0) is 13.0 Å². The molecule has 1 aromatic heterocycles. The van der Waals surface area contributed by atoms with Crippen LogP contribution in [0.5, 0.6) is 0 Å². The lowest BCUT2D eigenvalue weighted by Crippen LogP contribution is -2.33. The second kappa shape index (κ2) is 6.89. The van der Waals surface area contributed by atoms with Crippen LogP contribution in [0.25, 0.3) is 0 Å². The van der Waals surface area contributed by atoms with Gasteiger partial charge >= 0.3 is 0 Å². The van der Waals surface area contributed by atoms with Crippen molar-refractivity contribution in [3.63, 3.8) is 0 Å². The lowest BCUT2D eigenvalue weighted by atomic mass is 9.87. The van der Waals surface area contributed by atoms with Crippen molar-refractivity contribution < 1.29 is 0 Å². The Morgan fingerprint density at radius 3 is 2.53 bits per heavy atom. The molecule has 0 fully saturated rings. The summed E-state index contributed by atoms with van der Waals surface area (Å²) in [6.07, 6.45) is 1.04. The second-order valence-corrected chi connectivity index (χ2v) is 7.32. The molecule has 0 atom stereocenters. The Bertz CT molecular complexity index is 408. The summed E-state index contributed by atoms with van der Waals surface area (Å²) in [5.74, 6) is 0.700. The van der Waals surface area contributed by atoms with E-state index in [1.807, 2.05) is 0 Å². The van der Waals surface area contributed by atoms with E-state index in [1.54, 1.807) is 0 Å². The van der Waals surface area contributed by atoms with Gasteiger partial charge in [0.05, 0.1) is 15.9 Å². The van der Waals surface area contributed by atoms with E-state index in [4.69, 9.17) is 0 Å². The molecule has 110 valence electrons. The molecule has 0 radical (unpaired) electrons. The molecule has 0 aromatic carbocycles. The van der Waals surface area contributed by atoms with Gasteiger partial charge in [-0.25, -0.2) is 0 Å². The summed E-state index contributed by atoms with van der Waals surface area (Å²) in [6.45, 7) is 16.4. The minimum absolute atomic E-state index is 0.233. The summed E-state index contributed by atoms with van der Waals surface area (Å²) in [5.41, 5.74) is 2.63. The SMILES string of the molecule is CCn1nc(C)c(Br)c1CC(C)(C)CNCC(C)C. The Balaban J connectivity index is 2.71. The summed E-state index contributed by atoms with van der Waals surface area (Å²) in [5, 5.41) is 8.13. The molecular weight excluding hydrogens is 302 g/mol. The van der Waals surface area contributed by atoms with Crippen LogP contribution in [0.15, 0.2) is 4.47 Å². The third-order valence-electron chi connectivity index (χ3n) is 3.25. The molecule has 1 N–H and O–H groups in total. The molecule has 0 saturated carbocycles. The lowest BCUT2D eigenvalue weighted by molar-refractivity contribution is 0.321. The van der Waals surface area contributed by atoms with Crippen LogP contribution in [0.2, 0.25) is 0 Å². The fourth-order valence-corrected chi connectivity index (χ4v) is 2.68. The number of aryl methyl sites for hydroxylation is 2. The van der Waals surface area contributed by atoms with Crippen LogP contribution in [0.4, 0.5) is 0 Å². The number of aromatic nitrogens is 2. The number of hydrogen-bond donors (Lipinski definition) is 1. The average molecular weight is 330 g/mol. The molecule has 0 bridgehead atoms. The Morgan fingerprint density at radius 1 is 1.37 bits per heavy atom. The third kappa shape index (κ3) is 4.92. The molecule has 0 aliphatic carbocycles. The number of nitrogens with one attached hydrogen (secondary N) is 1. The zero-order valence-corrected chi connectivity index (χ0v) is 14.8. The maximum absolute atomic E-state index is 4.57. The van der Waals surface area contributed by atoms with E-state index < -0.39 is 0 Å². The average Bonchev–Trinajstić information content (AvgIpc) is 2.55. The monoisotopic (exact) mass is 329 g/mol. The molecule has 0 unspecified atom stereocenters. The molecule has 1 rings (SSSR count). The van der Waals surface area contributed by atoms with Crippen LogP contribution < -0.4 is 5.32 Å². The highest BCUT2D eigenvalue weighted by Crippen LogP contribution is 2.28. The standard InChI is InChI=1S/C15H28BrN3/c1-7-19-13(14(16)12(4)18-19)8-15(5,6)10-17-9-11(2)3/h11,17H,7-10H2,1-6H3. The summed E-state index contributed by atoms with van der Waals surface area (Å²) in [6, 6.07) is 0. The van der Waals surface area contributed by atoms with E-state index in [1.165, 1.54) is 10.2 Å². The van der Waals surface area contributed by atoms with Gasteiger partial charge in [0, 0.05) is 13.1 Å². The zero-order valence-electron chi connectivity index (χ0n) is 13.2. The molecule has 0 aliphatic rings. The van der Waals surface area contributed by atoms with E-state index in [0.717, 1.165) is 31.7 Å². The quantitative estimate of drug-likeness (QED) is 0.824. The second-order valence-electron chi connectivity index (χ2n) is 6.53. The largest absolute Gasteiger partial charge is 0.316 e. The van der Waals surface area contributed by atoms with Crippen LogP contribution in [0, 0.1) is 18.3 Å². The van der Waals surface area contributed by atoms with Crippen molar-refractivity contribution in [2.24, 2.45) is 11.3 Å². The highest BCUT2D eigenvalue weighted by molar-refractivity contribution is 9.10. The first-order valence-corrected chi connectivity index (χ1v) is 7.98. The highest BCUT2D eigenvalue weighted by atomic mass is 79.9. The van der Waals surface area contributed by atoms with E-state index in [9.17, 15) is 0 Å². The van der Waals surface area contributed by atoms with Crippen molar-refractivity contribution in [3.05, 3.63) is 15.9 Å². The van der Waals surface area contributed by atoms with Gasteiger partial charge in [-0.05, 0) is 54.1 Å². The summed E-state index contributed by atoms with van der Waals surface area (Å²) in [4.78, 5) is 0. The predicted molar refractivity (Wildman–Crippen MR) is 85.5 cm³/mol. The smallest absolute Gasteiger partial charge is 0.0738 e. The minimum atomic E-state index is 0.233. The van der Waals surface area contributed by atoms with Crippen molar-refractivity contribution in [2.45, 2.75) is 54.5 Å². The highest BCUT2D eigenvalue weighted by Gasteiger charge is 2.23. The van der Waals surface area contributed by atoms with Crippen LogP contribution >= 0.6 is 15.9 Å². The Kier molecular flexibility index (Phi) is 6.06. The normalized spacial score (nSPS) is 12.4. The molecule has 1 aromatic rings. The van der Waals surface area contributed by atoms with Gasteiger partial charge in [0.2, 0.25) is 0 Å². The fourth-order valence-electron chi connectivity index (χ4n) is 2.25. The molecule has 1 heterocycles. The van der Waals surface area contributed by atoms with Gasteiger partial charge < -0.3 is 5.32 Å². The Morgan fingerprint density at radius 2 is 2.00 bits per heavy atom. The van der Waals surface area contributed by atoms with Gasteiger partial charge in [-0.15, -0.1) is 0 Å².